The van der Waals surface area contributed by atoms with Gasteiger partial charge in [0.1, 0.15) is 22.3 Å². The average Bonchev–Trinajstić information content (AvgIpc) is 3.30. The quantitative estimate of drug-likeness (QED) is 0.344. The maximum atomic E-state index is 6.49. The van der Waals surface area contributed by atoms with E-state index in [4.69, 9.17) is 18.1 Å². The Bertz CT molecular complexity index is 1410. The summed E-state index contributed by atoms with van der Waals surface area (Å²) < 4.78 is 25.1. The smallest absolute Gasteiger partial charge is 0.456 e. The van der Waals surface area contributed by atoms with Gasteiger partial charge < -0.3 is 18.1 Å². The van der Waals surface area contributed by atoms with Crippen molar-refractivity contribution in [3.05, 3.63) is 54.6 Å². The fraction of sp³-hybridized carbons (Fsp3) is 0.250. The van der Waals surface area contributed by atoms with Crippen LogP contribution in [-0.2, 0) is 9.31 Å². The molecule has 5 aromatic rings. The molecule has 0 atom stereocenters. The summed E-state index contributed by atoms with van der Waals surface area (Å²) >= 11 is 0. The standard InChI is InChI=1S/C24H21BO4/c1-23(2)24(3,4)29-25(28-23)17-10-7-9-14-15-12-13-19-20(22(15)27-21(14)17)16-8-5-6-11-18(16)26-19/h5-13H,1-4H3. The molecule has 29 heavy (non-hydrogen) atoms. The summed E-state index contributed by atoms with van der Waals surface area (Å²) in [6.45, 7) is 8.25. The fourth-order valence-corrected chi connectivity index (χ4v) is 4.24. The first-order valence-electron chi connectivity index (χ1n) is 9.97. The van der Waals surface area contributed by atoms with Crippen molar-refractivity contribution in [1.82, 2.24) is 0 Å². The maximum absolute atomic E-state index is 6.49. The molecule has 4 nitrogen and oxygen atoms in total. The van der Waals surface area contributed by atoms with Crippen LogP contribution in [0.25, 0.3) is 43.9 Å². The van der Waals surface area contributed by atoms with Gasteiger partial charge in [0.15, 0.2) is 0 Å². The molecule has 0 N–H and O–H groups in total. The van der Waals surface area contributed by atoms with Crippen LogP contribution in [0, 0.1) is 0 Å². The van der Waals surface area contributed by atoms with Crippen molar-refractivity contribution in [3.8, 4) is 0 Å². The highest BCUT2D eigenvalue weighted by Gasteiger charge is 2.52. The minimum Gasteiger partial charge on any atom is -0.456 e. The summed E-state index contributed by atoms with van der Waals surface area (Å²) in [5.74, 6) is 0. The molecule has 3 aromatic carbocycles. The van der Waals surface area contributed by atoms with Crippen molar-refractivity contribution in [2.75, 3.05) is 0 Å². The van der Waals surface area contributed by atoms with Gasteiger partial charge in [-0.3, -0.25) is 0 Å². The van der Waals surface area contributed by atoms with Gasteiger partial charge in [0.2, 0.25) is 0 Å². The van der Waals surface area contributed by atoms with Gasteiger partial charge in [0.05, 0.1) is 16.6 Å². The third-order valence-corrected chi connectivity index (χ3v) is 6.54. The van der Waals surface area contributed by atoms with Gasteiger partial charge in [-0.2, -0.15) is 0 Å². The summed E-state index contributed by atoms with van der Waals surface area (Å²) in [7, 11) is -0.471. The van der Waals surface area contributed by atoms with E-state index in [1.165, 1.54) is 0 Å². The van der Waals surface area contributed by atoms with E-state index in [1.54, 1.807) is 0 Å². The van der Waals surface area contributed by atoms with Crippen LogP contribution in [0.15, 0.2) is 63.4 Å². The number of fused-ring (bicyclic) bond motifs is 7. The molecule has 1 aliphatic rings. The third kappa shape index (κ3) is 2.23. The lowest BCUT2D eigenvalue weighted by atomic mass is 9.78. The predicted octanol–water partition coefficient (Wildman–Crippen LogP) is 5.78. The van der Waals surface area contributed by atoms with E-state index < -0.39 is 18.3 Å². The summed E-state index contributed by atoms with van der Waals surface area (Å²) in [5.41, 5.74) is 3.44. The van der Waals surface area contributed by atoms with Gasteiger partial charge in [-0.15, -0.1) is 0 Å². The van der Waals surface area contributed by atoms with E-state index in [0.29, 0.717) is 0 Å². The number of hydrogen-bond donors (Lipinski definition) is 0. The molecule has 1 fully saturated rings. The first kappa shape index (κ1) is 17.1. The van der Waals surface area contributed by atoms with E-state index in [2.05, 4.69) is 45.9 Å². The molecule has 0 amide bonds. The Kier molecular flexibility index (Phi) is 3.21. The van der Waals surface area contributed by atoms with E-state index in [0.717, 1.165) is 49.3 Å². The molecule has 1 aliphatic heterocycles. The van der Waals surface area contributed by atoms with Crippen molar-refractivity contribution >= 4 is 56.5 Å². The normalized spacial score (nSPS) is 18.6. The lowest BCUT2D eigenvalue weighted by molar-refractivity contribution is 0.00578. The summed E-state index contributed by atoms with van der Waals surface area (Å²) in [6, 6.07) is 18.3. The Labute approximate surface area is 168 Å². The number of rotatable bonds is 1. The lowest BCUT2D eigenvalue weighted by Crippen LogP contribution is -2.41. The van der Waals surface area contributed by atoms with Gasteiger partial charge in [0, 0.05) is 21.6 Å². The van der Waals surface area contributed by atoms with E-state index in [1.807, 2.05) is 36.4 Å². The van der Waals surface area contributed by atoms with Crippen LogP contribution in [0.1, 0.15) is 27.7 Å². The molecule has 0 unspecified atom stereocenters. The van der Waals surface area contributed by atoms with Crippen molar-refractivity contribution in [3.63, 3.8) is 0 Å². The summed E-state index contributed by atoms with van der Waals surface area (Å²) in [6.07, 6.45) is 0. The van der Waals surface area contributed by atoms with Gasteiger partial charge in [-0.25, -0.2) is 0 Å². The number of hydrogen-bond acceptors (Lipinski definition) is 4. The minimum atomic E-state index is -0.471. The highest BCUT2D eigenvalue weighted by molar-refractivity contribution is 6.65. The molecular weight excluding hydrogens is 363 g/mol. The van der Waals surface area contributed by atoms with Gasteiger partial charge in [0.25, 0.3) is 0 Å². The molecular formula is C24H21BO4. The van der Waals surface area contributed by atoms with Crippen LogP contribution in [-0.4, -0.2) is 18.3 Å². The number of furan rings is 2. The SMILES string of the molecule is CC1(C)OB(c2cccc3c2oc2c3ccc3oc4ccccc4c32)OC1(C)C. The zero-order valence-corrected chi connectivity index (χ0v) is 16.9. The highest BCUT2D eigenvalue weighted by Crippen LogP contribution is 2.40. The minimum absolute atomic E-state index is 0.403. The monoisotopic (exact) mass is 384 g/mol. The van der Waals surface area contributed by atoms with E-state index in [-0.39, 0.29) is 0 Å². The van der Waals surface area contributed by atoms with Crippen LogP contribution in [0.2, 0.25) is 0 Å². The molecule has 0 saturated carbocycles. The number of para-hydroxylation sites is 2. The average molecular weight is 384 g/mol. The first-order valence-corrected chi connectivity index (χ1v) is 9.97. The topological polar surface area (TPSA) is 44.7 Å². The molecule has 2 aromatic heterocycles. The Morgan fingerprint density at radius 1 is 0.621 bits per heavy atom. The third-order valence-electron chi connectivity index (χ3n) is 6.54. The van der Waals surface area contributed by atoms with E-state index in [9.17, 15) is 0 Å². The number of benzene rings is 3. The maximum Gasteiger partial charge on any atom is 0.498 e. The van der Waals surface area contributed by atoms with Crippen molar-refractivity contribution in [2.24, 2.45) is 0 Å². The van der Waals surface area contributed by atoms with Crippen LogP contribution >= 0.6 is 0 Å². The second kappa shape index (κ2) is 5.44. The first-order chi connectivity index (χ1) is 13.9. The van der Waals surface area contributed by atoms with Crippen molar-refractivity contribution in [1.29, 1.82) is 0 Å². The zero-order chi connectivity index (χ0) is 20.0. The Morgan fingerprint density at radius 2 is 1.31 bits per heavy atom. The molecule has 6 rings (SSSR count). The highest BCUT2D eigenvalue weighted by atomic mass is 16.7. The fourth-order valence-electron chi connectivity index (χ4n) is 4.24. The van der Waals surface area contributed by atoms with Crippen LogP contribution in [0.3, 0.4) is 0 Å². The Morgan fingerprint density at radius 3 is 2.10 bits per heavy atom. The second-order valence-electron chi connectivity index (χ2n) is 8.83. The van der Waals surface area contributed by atoms with Crippen LogP contribution in [0.5, 0.6) is 0 Å². The predicted molar refractivity (Wildman–Crippen MR) is 117 cm³/mol. The van der Waals surface area contributed by atoms with Crippen molar-refractivity contribution in [2.45, 2.75) is 38.9 Å². The molecule has 0 bridgehead atoms. The van der Waals surface area contributed by atoms with Gasteiger partial charge in [-0.1, -0.05) is 36.4 Å². The Balaban J connectivity index is 1.65. The van der Waals surface area contributed by atoms with Gasteiger partial charge in [-0.05, 0) is 45.9 Å². The zero-order valence-electron chi connectivity index (χ0n) is 16.9. The van der Waals surface area contributed by atoms with E-state index >= 15 is 0 Å². The van der Waals surface area contributed by atoms with Crippen LogP contribution < -0.4 is 5.46 Å². The molecule has 1 saturated heterocycles. The molecule has 5 heteroatoms. The molecule has 0 aliphatic carbocycles. The van der Waals surface area contributed by atoms with Gasteiger partial charge >= 0.3 is 7.12 Å². The van der Waals surface area contributed by atoms with Crippen LogP contribution in [0.4, 0.5) is 0 Å². The molecule has 3 heterocycles. The largest absolute Gasteiger partial charge is 0.498 e. The summed E-state index contributed by atoms with van der Waals surface area (Å²) in [4.78, 5) is 0. The second-order valence-corrected chi connectivity index (χ2v) is 8.83. The summed E-state index contributed by atoms with van der Waals surface area (Å²) in [5, 5.41) is 4.19. The van der Waals surface area contributed by atoms with Crippen molar-refractivity contribution < 1.29 is 18.1 Å². The Hall–Kier alpha value is -2.76. The molecule has 0 spiro atoms. The molecule has 144 valence electrons. The lowest BCUT2D eigenvalue weighted by Gasteiger charge is -2.32. The molecule has 0 radical (unpaired) electrons.